The van der Waals surface area contributed by atoms with E-state index in [9.17, 15) is 0 Å². The monoisotopic (exact) mass is 261 g/mol. The van der Waals surface area contributed by atoms with E-state index in [1.54, 1.807) is 0 Å². The molecular formula is C15H23N3O. The van der Waals surface area contributed by atoms with Crippen LogP contribution >= 0.6 is 0 Å². The van der Waals surface area contributed by atoms with Crippen molar-refractivity contribution < 1.29 is 4.52 Å². The molecule has 3 aliphatic rings. The van der Waals surface area contributed by atoms with Crippen molar-refractivity contribution in [2.45, 2.75) is 69.2 Å². The number of hydrogen-bond donors (Lipinski definition) is 1. The van der Waals surface area contributed by atoms with Gasteiger partial charge < -0.3 is 10.3 Å². The van der Waals surface area contributed by atoms with E-state index >= 15 is 0 Å². The fourth-order valence-electron chi connectivity index (χ4n) is 4.49. The molecule has 3 fully saturated rings. The summed E-state index contributed by atoms with van der Waals surface area (Å²) in [5.41, 5.74) is 5.95. The number of nitrogens with zero attached hydrogens (tertiary/aromatic N) is 2. The van der Waals surface area contributed by atoms with E-state index in [0.717, 1.165) is 49.2 Å². The van der Waals surface area contributed by atoms with Crippen LogP contribution in [0, 0.1) is 11.8 Å². The smallest absolute Gasteiger partial charge is 0.229 e. The van der Waals surface area contributed by atoms with Gasteiger partial charge in [0.1, 0.15) is 0 Å². The first-order valence-electron chi connectivity index (χ1n) is 7.88. The lowest BCUT2D eigenvalue weighted by molar-refractivity contribution is 0.296. The maximum absolute atomic E-state index is 5.95. The summed E-state index contributed by atoms with van der Waals surface area (Å²) in [6.45, 7) is 0. The normalized spacial score (nSPS) is 41.8. The van der Waals surface area contributed by atoms with Crippen LogP contribution in [0.1, 0.15) is 74.9 Å². The maximum atomic E-state index is 5.95. The molecule has 4 rings (SSSR count). The Hall–Kier alpha value is -0.900. The lowest BCUT2D eigenvalue weighted by Gasteiger charge is -2.23. The molecule has 4 nitrogen and oxygen atoms in total. The third kappa shape index (κ3) is 2.10. The van der Waals surface area contributed by atoms with Gasteiger partial charge in [0.25, 0.3) is 0 Å². The molecule has 3 aliphatic carbocycles. The van der Waals surface area contributed by atoms with Crippen molar-refractivity contribution in [3.63, 3.8) is 0 Å². The molecule has 19 heavy (non-hydrogen) atoms. The predicted octanol–water partition coefficient (Wildman–Crippen LogP) is 2.96. The van der Waals surface area contributed by atoms with Gasteiger partial charge in [-0.25, -0.2) is 0 Å². The predicted molar refractivity (Wildman–Crippen MR) is 71.7 cm³/mol. The highest BCUT2D eigenvalue weighted by atomic mass is 16.5. The maximum Gasteiger partial charge on any atom is 0.229 e. The standard InChI is InChI=1S/C15H23N3O/c16-12-5-3-10(4-6-12)15-17-14(18-19-15)13-8-9-1-2-11(13)7-9/h9-13H,1-8,16H2. The Bertz CT molecular complexity index is 450. The second-order valence-corrected chi connectivity index (χ2v) is 6.88. The molecule has 4 heteroatoms. The minimum absolute atomic E-state index is 0.379. The van der Waals surface area contributed by atoms with Gasteiger partial charge >= 0.3 is 0 Å². The zero-order valence-electron chi connectivity index (χ0n) is 11.4. The molecule has 0 aromatic carbocycles. The van der Waals surface area contributed by atoms with Crippen molar-refractivity contribution >= 4 is 0 Å². The third-order valence-corrected chi connectivity index (χ3v) is 5.65. The molecule has 2 N–H and O–H groups in total. The number of aromatic nitrogens is 2. The van der Waals surface area contributed by atoms with E-state index in [1.165, 1.54) is 25.7 Å². The van der Waals surface area contributed by atoms with Gasteiger partial charge in [0.05, 0.1) is 0 Å². The third-order valence-electron chi connectivity index (χ3n) is 5.65. The molecule has 0 radical (unpaired) electrons. The zero-order chi connectivity index (χ0) is 12.8. The van der Waals surface area contributed by atoms with Crippen molar-refractivity contribution in [1.29, 1.82) is 0 Å². The summed E-state index contributed by atoms with van der Waals surface area (Å²) in [6, 6.07) is 0.379. The lowest BCUT2D eigenvalue weighted by Crippen LogP contribution is -2.25. The Morgan fingerprint density at radius 2 is 1.84 bits per heavy atom. The van der Waals surface area contributed by atoms with Gasteiger partial charge in [-0.15, -0.1) is 0 Å². The molecule has 0 saturated heterocycles. The van der Waals surface area contributed by atoms with Crippen LogP contribution in [0.15, 0.2) is 4.52 Å². The first kappa shape index (κ1) is 11.9. The molecule has 2 bridgehead atoms. The van der Waals surface area contributed by atoms with Crippen LogP contribution in [0.5, 0.6) is 0 Å². The number of nitrogens with two attached hydrogens (primary N) is 1. The van der Waals surface area contributed by atoms with Gasteiger partial charge in [0.15, 0.2) is 5.82 Å². The first-order valence-corrected chi connectivity index (χ1v) is 7.88. The van der Waals surface area contributed by atoms with E-state index in [2.05, 4.69) is 5.16 Å². The summed E-state index contributed by atoms with van der Waals surface area (Å²) in [5.74, 6) is 4.68. The van der Waals surface area contributed by atoms with Crippen LogP contribution in [-0.4, -0.2) is 16.2 Å². The second-order valence-electron chi connectivity index (χ2n) is 6.88. The summed E-state index contributed by atoms with van der Waals surface area (Å²) in [6.07, 6.45) is 9.89. The number of rotatable bonds is 2. The van der Waals surface area contributed by atoms with Gasteiger partial charge in [-0.2, -0.15) is 4.98 Å². The van der Waals surface area contributed by atoms with Crippen LogP contribution in [0.3, 0.4) is 0 Å². The Morgan fingerprint density at radius 1 is 1.00 bits per heavy atom. The second kappa shape index (κ2) is 4.58. The largest absolute Gasteiger partial charge is 0.339 e. The van der Waals surface area contributed by atoms with E-state index in [1.807, 2.05) is 0 Å². The van der Waals surface area contributed by atoms with E-state index < -0.39 is 0 Å². The highest BCUT2D eigenvalue weighted by Crippen LogP contribution is 2.52. The van der Waals surface area contributed by atoms with Crippen LogP contribution in [0.25, 0.3) is 0 Å². The van der Waals surface area contributed by atoms with Gasteiger partial charge in [-0.3, -0.25) is 0 Å². The molecule has 1 aromatic rings. The number of fused-ring (bicyclic) bond motifs is 2. The number of hydrogen-bond acceptors (Lipinski definition) is 4. The molecule has 1 aromatic heterocycles. The summed E-state index contributed by atoms with van der Waals surface area (Å²) in [5, 5.41) is 4.29. The minimum atomic E-state index is 0.379. The lowest BCUT2D eigenvalue weighted by atomic mass is 9.86. The van der Waals surface area contributed by atoms with Crippen molar-refractivity contribution in [3.05, 3.63) is 11.7 Å². The van der Waals surface area contributed by atoms with Gasteiger partial charge in [-0.1, -0.05) is 11.6 Å². The quantitative estimate of drug-likeness (QED) is 0.889. The summed E-state index contributed by atoms with van der Waals surface area (Å²) in [7, 11) is 0. The highest BCUT2D eigenvalue weighted by Gasteiger charge is 2.42. The fraction of sp³-hybridized carbons (Fsp3) is 0.867. The fourth-order valence-corrected chi connectivity index (χ4v) is 4.49. The summed E-state index contributed by atoms with van der Waals surface area (Å²) >= 11 is 0. The van der Waals surface area contributed by atoms with Crippen molar-refractivity contribution in [2.24, 2.45) is 17.6 Å². The van der Waals surface area contributed by atoms with Gasteiger partial charge in [0.2, 0.25) is 5.89 Å². The minimum Gasteiger partial charge on any atom is -0.339 e. The Kier molecular flexibility index (Phi) is 2.87. The van der Waals surface area contributed by atoms with Crippen LogP contribution in [0.4, 0.5) is 0 Å². The summed E-state index contributed by atoms with van der Waals surface area (Å²) < 4.78 is 5.56. The van der Waals surface area contributed by atoms with Gasteiger partial charge in [-0.05, 0) is 56.8 Å². The summed E-state index contributed by atoms with van der Waals surface area (Å²) in [4.78, 5) is 4.74. The van der Waals surface area contributed by atoms with E-state index in [4.69, 9.17) is 15.2 Å². The average molecular weight is 261 g/mol. The van der Waals surface area contributed by atoms with E-state index in [0.29, 0.717) is 17.9 Å². The Balaban J connectivity index is 1.47. The highest BCUT2D eigenvalue weighted by molar-refractivity contribution is 5.08. The first-order chi connectivity index (χ1) is 9.29. The average Bonchev–Trinajstić information content (AvgIpc) is 3.15. The molecule has 0 spiro atoms. The molecule has 0 amide bonds. The molecule has 1 heterocycles. The van der Waals surface area contributed by atoms with Gasteiger partial charge in [0, 0.05) is 17.9 Å². The topological polar surface area (TPSA) is 64.9 Å². The van der Waals surface area contributed by atoms with Crippen molar-refractivity contribution in [2.75, 3.05) is 0 Å². The van der Waals surface area contributed by atoms with Crippen LogP contribution in [-0.2, 0) is 0 Å². The molecule has 104 valence electrons. The Morgan fingerprint density at radius 3 is 2.53 bits per heavy atom. The molecule has 3 saturated carbocycles. The van der Waals surface area contributed by atoms with Crippen molar-refractivity contribution in [1.82, 2.24) is 10.1 Å². The zero-order valence-corrected chi connectivity index (χ0v) is 11.4. The molecule has 3 unspecified atom stereocenters. The van der Waals surface area contributed by atoms with Crippen molar-refractivity contribution in [3.8, 4) is 0 Å². The van der Waals surface area contributed by atoms with Crippen LogP contribution in [0.2, 0.25) is 0 Å². The SMILES string of the molecule is NC1CCC(c2nc(C3CC4CCC3C4)no2)CC1. The Labute approximate surface area is 114 Å². The van der Waals surface area contributed by atoms with E-state index in [-0.39, 0.29) is 0 Å². The molecule has 0 aliphatic heterocycles. The molecular weight excluding hydrogens is 238 g/mol. The molecule has 3 atom stereocenters. The van der Waals surface area contributed by atoms with Crippen LogP contribution < -0.4 is 5.73 Å².